The van der Waals surface area contributed by atoms with Crippen molar-refractivity contribution in [2.75, 3.05) is 20.3 Å². The van der Waals surface area contributed by atoms with E-state index in [1.165, 1.54) is 30.1 Å². The van der Waals surface area contributed by atoms with Crippen molar-refractivity contribution >= 4 is 17.7 Å². The van der Waals surface area contributed by atoms with Gasteiger partial charge in [-0.3, -0.25) is 10.1 Å². The number of nitrogens with zero attached hydrogens (tertiary/aromatic N) is 2. The van der Waals surface area contributed by atoms with Crippen LogP contribution in [0.1, 0.15) is 18.5 Å². The maximum Gasteiger partial charge on any atom is 0.338 e. The SMILES string of the molecule is CC1=C(C(=O)OCCOc2ccccc2)C(c2ccccc2[N+](=O)[O-])NC(=O)N1C. The number of allylic oxidation sites excluding steroid dienone is 1. The van der Waals surface area contributed by atoms with Crippen molar-refractivity contribution in [2.24, 2.45) is 0 Å². The molecule has 9 heteroatoms. The fourth-order valence-corrected chi connectivity index (χ4v) is 3.12. The first-order chi connectivity index (χ1) is 14.4. The second kappa shape index (κ2) is 9.08. The summed E-state index contributed by atoms with van der Waals surface area (Å²) in [4.78, 5) is 37.3. The van der Waals surface area contributed by atoms with Gasteiger partial charge in [0.2, 0.25) is 0 Å². The first kappa shape index (κ1) is 20.8. The third-order valence-corrected chi connectivity index (χ3v) is 4.75. The normalized spacial score (nSPS) is 16.1. The van der Waals surface area contributed by atoms with Crippen LogP contribution in [0.4, 0.5) is 10.5 Å². The predicted molar refractivity (Wildman–Crippen MR) is 108 cm³/mol. The molecule has 1 aliphatic heterocycles. The van der Waals surface area contributed by atoms with Crippen LogP contribution in [0.25, 0.3) is 0 Å². The number of amides is 2. The summed E-state index contributed by atoms with van der Waals surface area (Å²) >= 11 is 0. The van der Waals surface area contributed by atoms with E-state index in [0.29, 0.717) is 11.4 Å². The summed E-state index contributed by atoms with van der Waals surface area (Å²) in [7, 11) is 1.51. The number of rotatable bonds is 7. The standard InChI is InChI=1S/C21H21N3O6/c1-14-18(20(25)30-13-12-29-15-8-4-3-5-9-15)19(22-21(26)23(14)2)16-10-6-7-11-17(16)24(27)28/h3-11,19H,12-13H2,1-2H3,(H,22,26). The van der Waals surface area contributed by atoms with Gasteiger partial charge in [0.25, 0.3) is 5.69 Å². The van der Waals surface area contributed by atoms with Crippen LogP contribution in [-0.2, 0) is 9.53 Å². The van der Waals surface area contributed by atoms with Crippen LogP contribution in [0.3, 0.4) is 0 Å². The molecule has 0 radical (unpaired) electrons. The third kappa shape index (κ3) is 4.40. The lowest BCUT2D eigenvalue weighted by atomic mass is 9.94. The molecule has 0 aliphatic carbocycles. The van der Waals surface area contributed by atoms with E-state index < -0.39 is 23.0 Å². The Balaban J connectivity index is 1.80. The zero-order chi connectivity index (χ0) is 21.7. The molecule has 1 N–H and O–H groups in total. The highest BCUT2D eigenvalue weighted by molar-refractivity contribution is 5.95. The Kier molecular flexibility index (Phi) is 6.31. The number of para-hydroxylation sites is 2. The molecule has 0 fully saturated rings. The number of carbonyl (C=O) groups is 2. The summed E-state index contributed by atoms with van der Waals surface area (Å²) < 4.78 is 10.8. The Hall–Kier alpha value is -3.88. The van der Waals surface area contributed by atoms with Gasteiger partial charge in [-0.15, -0.1) is 0 Å². The number of benzene rings is 2. The van der Waals surface area contributed by atoms with Crippen LogP contribution < -0.4 is 10.1 Å². The van der Waals surface area contributed by atoms with Crippen LogP contribution in [-0.4, -0.2) is 42.1 Å². The molecule has 156 valence electrons. The highest BCUT2D eigenvalue weighted by Crippen LogP contribution is 2.35. The van der Waals surface area contributed by atoms with Gasteiger partial charge in [-0.2, -0.15) is 0 Å². The topological polar surface area (TPSA) is 111 Å². The van der Waals surface area contributed by atoms with Crippen molar-refractivity contribution in [3.8, 4) is 5.75 Å². The van der Waals surface area contributed by atoms with Crippen molar-refractivity contribution < 1.29 is 24.0 Å². The minimum atomic E-state index is -1.00. The van der Waals surface area contributed by atoms with Crippen LogP contribution in [0.2, 0.25) is 0 Å². The molecular weight excluding hydrogens is 390 g/mol. The molecule has 30 heavy (non-hydrogen) atoms. The van der Waals surface area contributed by atoms with E-state index in [2.05, 4.69) is 5.32 Å². The van der Waals surface area contributed by atoms with Gasteiger partial charge in [-0.1, -0.05) is 30.3 Å². The van der Waals surface area contributed by atoms with Crippen molar-refractivity contribution in [1.82, 2.24) is 10.2 Å². The zero-order valence-corrected chi connectivity index (χ0v) is 16.5. The monoisotopic (exact) mass is 411 g/mol. The molecule has 1 unspecified atom stereocenters. The van der Waals surface area contributed by atoms with E-state index in [1.54, 1.807) is 25.1 Å². The Morgan fingerprint density at radius 1 is 1.13 bits per heavy atom. The van der Waals surface area contributed by atoms with Gasteiger partial charge in [-0.25, -0.2) is 9.59 Å². The summed E-state index contributed by atoms with van der Waals surface area (Å²) in [5.41, 5.74) is 0.496. The number of carbonyl (C=O) groups excluding carboxylic acids is 2. The molecular formula is C21H21N3O6. The number of ether oxygens (including phenoxy) is 2. The van der Waals surface area contributed by atoms with E-state index in [0.717, 1.165) is 0 Å². The Labute approximate surface area is 173 Å². The van der Waals surface area contributed by atoms with Gasteiger partial charge in [0.15, 0.2) is 0 Å². The summed E-state index contributed by atoms with van der Waals surface area (Å²) in [6.07, 6.45) is 0. The summed E-state index contributed by atoms with van der Waals surface area (Å²) in [6, 6.07) is 13.6. The zero-order valence-electron chi connectivity index (χ0n) is 16.5. The number of hydrogen-bond acceptors (Lipinski definition) is 6. The largest absolute Gasteiger partial charge is 0.490 e. The summed E-state index contributed by atoms with van der Waals surface area (Å²) in [6.45, 7) is 1.71. The first-order valence-corrected chi connectivity index (χ1v) is 9.23. The number of hydrogen-bond donors (Lipinski definition) is 1. The number of urea groups is 1. The Morgan fingerprint density at radius 2 is 1.80 bits per heavy atom. The second-order valence-electron chi connectivity index (χ2n) is 6.55. The Bertz CT molecular complexity index is 989. The molecule has 2 aromatic rings. The van der Waals surface area contributed by atoms with Gasteiger partial charge in [0.05, 0.1) is 22.1 Å². The molecule has 0 bridgehead atoms. The number of nitro benzene ring substituents is 1. The van der Waals surface area contributed by atoms with Crippen molar-refractivity contribution in [3.63, 3.8) is 0 Å². The maximum atomic E-state index is 12.9. The van der Waals surface area contributed by atoms with E-state index in [1.807, 2.05) is 18.2 Å². The average molecular weight is 411 g/mol. The molecule has 0 spiro atoms. The van der Waals surface area contributed by atoms with Crippen molar-refractivity contribution in [2.45, 2.75) is 13.0 Å². The average Bonchev–Trinajstić information content (AvgIpc) is 2.75. The molecule has 2 aromatic carbocycles. The van der Waals surface area contributed by atoms with Crippen LogP contribution in [0.5, 0.6) is 5.75 Å². The highest BCUT2D eigenvalue weighted by atomic mass is 16.6. The Morgan fingerprint density at radius 3 is 2.50 bits per heavy atom. The molecule has 1 atom stereocenters. The number of esters is 1. The van der Waals surface area contributed by atoms with Gasteiger partial charge in [0.1, 0.15) is 19.0 Å². The van der Waals surface area contributed by atoms with Crippen LogP contribution >= 0.6 is 0 Å². The summed E-state index contributed by atoms with van der Waals surface area (Å²) in [5, 5.41) is 14.1. The lowest BCUT2D eigenvalue weighted by Gasteiger charge is -2.33. The lowest BCUT2D eigenvalue weighted by molar-refractivity contribution is -0.385. The van der Waals surface area contributed by atoms with Crippen LogP contribution in [0.15, 0.2) is 65.9 Å². The van der Waals surface area contributed by atoms with Gasteiger partial charge in [-0.05, 0) is 25.1 Å². The van der Waals surface area contributed by atoms with Crippen LogP contribution in [0, 0.1) is 10.1 Å². The summed E-state index contributed by atoms with van der Waals surface area (Å²) in [5.74, 6) is -0.0365. The van der Waals surface area contributed by atoms with Gasteiger partial charge >= 0.3 is 12.0 Å². The van der Waals surface area contributed by atoms with Crippen molar-refractivity contribution in [3.05, 3.63) is 81.5 Å². The fourth-order valence-electron chi connectivity index (χ4n) is 3.12. The molecule has 3 rings (SSSR count). The molecule has 0 saturated carbocycles. The molecule has 2 amide bonds. The van der Waals surface area contributed by atoms with E-state index in [4.69, 9.17) is 9.47 Å². The lowest BCUT2D eigenvalue weighted by Crippen LogP contribution is -2.46. The molecule has 1 aliphatic rings. The van der Waals surface area contributed by atoms with E-state index in [9.17, 15) is 19.7 Å². The minimum Gasteiger partial charge on any atom is -0.490 e. The van der Waals surface area contributed by atoms with Gasteiger partial charge in [0, 0.05) is 18.8 Å². The molecule has 0 aromatic heterocycles. The number of nitro groups is 1. The van der Waals surface area contributed by atoms with E-state index >= 15 is 0 Å². The quantitative estimate of drug-likeness (QED) is 0.324. The highest BCUT2D eigenvalue weighted by Gasteiger charge is 2.37. The van der Waals surface area contributed by atoms with Crippen molar-refractivity contribution in [1.29, 1.82) is 0 Å². The fraction of sp³-hybridized carbons (Fsp3) is 0.238. The number of nitrogens with one attached hydrogen (secondary N) is 1. The minimum absolute atomic E-state index is 0.0221. The molecule has 1 heterocycles. The van der Waals surface area contributed by atoms with Gasteiger partial charge < -0.3 is 19.7 Å². The molecule has 0 saturated heterocycles. The smallest absolute Gasteiger partial charge is 0.338 e. The third-order valence-electron chi connectivity index (χ3n) is 4.75. The first-order valence-electron chi connectivity index (χ1n) is 9.23. The van der Waals surface area contributed by atoms with E-state index in [-0.39, 0.29) is 30.0 Å². The maximum absolute atomic E-state index is 12.9. The predicted octanol–water partition coefficient (Wildman–Crippen LogP) is 3.19. The second-order valence-corrected chi connectivity index (χ2v) is 6.55. The molecule has 9 nitrogen and oxygen atoms in total.